The van der Waals surface area contributed by atoms with E-state index in [1.165, 1.54) is 79.1 Å². The highest BCUT2D eigenvalue weighted by molar-refractivity contribution is 5.88. The van der Waals surface area contributed by atoms with Gasteiger partial charge in [-0.1, -0.05) is 104 Å². The molecule has 6 aliphatic rings. The number of benzene rings is 3. The van der Waals surface area contributed by atoms with Crippen molar-refractivity contribution in [3.05, 3.63) is 264 Å². The van der Waals surface area contributed by atoms with E-state index in [-0.39, 0.29) is 130 Å². The van der Waals surface area contributed by atoms with Crippen LogP contribution >= 0.6 is 0 Å². The van der Waals surface area contributed by atoms with Gasteiger partial charge in [0.25, 0.3) is 22.2 Å². The van der Waals surface area contributed by atoms with Crippen LogP contribution in [0, 0.1) is 55.3 Å². The van der Waals surface area contributed by atoms with E-state index in [0.717, 1.165) is 117 Å². The number of hydrogen-bond donors (Lipinski definition) is 4. The van der Waals surface area contributed by atoms with Crippen LogP contribution in [0.15, 0.2) is 209 Å². The predicted molar refractivity (Wildman–Crippen MR) is 567 cm³/mol. The topological polar surface area (TPSA) is 343 Å². The van der Waals surface area contributed by atoms with E-state index in [1.807, 2.05) is 160 Å². The summed E-state index contributed by atoms with van der Waals surface area (Å²) in [7, 11) is 0. The summed E-state index contributed by atoms with van der Waals surface area (Å²) in [5, 5.41) is 15.2. The lowest BCUT2D eigenvalue weighted by molar-refractivity contribution is -0.127. The molecule has 2 aliphatic carbocycles. The van der Waals surface area contributed by atoms with Crippen molar-refractivity contribution in [3.8, 4) is 0 Å². The minimum absolute atomic E-state index is 0.0106. The molecule has 4 saturated heterocycles. The van der Waals surface area contributed by atoms with Gasteiger partial charge in [0.1, 0.15) is 47.3 Å². The minimum atomic E-state index is -0.707. The number of aryl methyl sites for hydroxylation is 2. The molecule has 3 aromatic carbocycles. The molecule has 29 nitrogen and oxygen atoms in total. The molecule has 4 amide bonds. The van der Waals surface area contributed by atoms with Gasteiger partial charge >= 0.3 is 0 Å². The molecule has 144 heavy (non-hydrogen) atoms. The number of amides is 4. The maximum atomic E-state index is 13.8. The zero-order chi connectivity index (χ0) is 103. The third kappa shape index (κ3) is 29.3. The Morgan fingerprint density at radius 1 is 0.410 bits per heavy atom. The second-order valence-electron chi connectivity index (χ2n) is 43.1. The second kappa shape index (κ2) is 49.6. The standard InChI is InChI=1S/C31H37N3O3.C29H36N4O4.C28H38N4O3.C27H38N4O4/c1-20(2)15-29(33-14-13-23-7-4-5-10-27(23)31(33)37)30(36)32-28(16-21(3)35)24-8-6-9-25(18-24)34-19-22-11-12-26(34)17-22;1-19(2)13-27(33-10-9-22-7-5-6-8-25(22)29(33)36)28(35)31-26(14-21(4)34)23-15-24(17-30-16-23)32-11-12-37-18-20(32)3;1-18(2)11-26(32-10-7-19(3)12-27(32)34)28(35)30-25(13-20(4)33)23-14-24(16-29-15-23)31-9-8-22(17-31)21-5-6-21;1-18(2)11-24(31-8-7-19(3)12-25(31)33)26(34)29-23(13-20(4)32)21-14-22(16-28-15-21)30-9-10-35-27(5,6)17-30/h4-10,13-14,18,20,22,26,28-29H,11-12,15-17,19H2,1-3H3,(H,32,36);5-10,15-17,19-20,26-27H,11-14,18H2,1-4H3,(H,31,35);7,10,12,14-16,18,21-22,25-26H,5-6,8-9,11,13,17H2,1-4H3,(H,30,35);7-8,12,14-16,18,23-24H,9-11,13,17H2,1-6H3,(H,29,34)/t22?,26?,28-,29-;20-,26-,27-;22-,25-,26-;23-,24-/m0000/s1. The van der Waals surface area contributed by atoms with Crippen LogP contribution in [0.2, 0.25) is 0 Å². The fraction of sp³-hybridized carbons (Fsp3) is 0.504. The number of ether oxygens (including phenoxy) is 2. The van der Waals surface area contributed by atoms with Crippen molar-refractivity contribution in [1.82, 2.24) is 54.5 Å². The van der Waals surface area contributed by atoms with Gasteiger partial charge in [0, 0.05) is 149 Å². The number of carbonyl (C=O) groups excluding carboxylic acids is 8. The van der Waals surface area contributed by atoms with Crippen molar-refractivity contribution in [3.63, 3.8) is 0 Å². The molecule has 2 unspecified atom stereocenters. The van der Waals surface area contributed by atoms with Crippen LogP contribution in [-0.4, -0.2) is 157 Å². The Balaban J connectivity index is 0.000000161. The van der Waals surface area contributed by atoms with Crippen LogP contribution in [0.3, 0.4) is 0 Å². The Bertz CT molecular complexity index is 6250. The number of aromatic nitrogens is 7. The van der Waals surface area contributed by atoms with E-state index in [0.29, 0.717) is 68.9 Å². The van der Waals surface area contributed by atoms with Crippen LogP contribution in [0.25, 0.3) is 21.5 Å². The number of piperidine rings is 1. The number of rotatable bonds is 37. The first-order valence-corrected chi connectivity index (χ1v) is 51.7. The van der Waals surface area contributed by atoms with Gasteiger partial charge in [0.15, 0.2) is 0 Å². The Labute approximate surface area is 846 Å². The highest BCUT2D eigenvalue weighted by Crippen LogP contribution is 2.44. The maximum Gasteiger partial charge on any atom is 0.259 e. The maximum absolute atomic E-state index is 13.8. The number of nitrogens with one attached hydrogen (secondary N) is 4. The zero-order valence-corrected chi connectivity index (χ0v) is 87.1. The fourth-order valence-corrected chi connectivity index (χ4v) is 20.9. The quantitative estimate of drug-likeness (QED) is 0.0281. The number of nitrogens with zero attached hydrogens (tertiary/aromatic N) is 11. The first kappa shape index (κ1) is 108. The van der Waals surface area contributed by atoms with Crippen molar-refractivity contribution < 1.29 is 47.8 Å². The number of anilines is 4. The number of morpholine rings is 2. The summed E-state index contributed by atoms with van der Waals surface area (Å²) < 4.78 is 17.5. The molecule has 29 heteroatoms. The Kier molecular flexibility index (Phi) is 37.3. The summed E-state index contributed by atoms with van der Waals surface area (Å²) in [5.74, 6) is 2.06. The lowest BCUT2D eigenvalue weighted by atomic mass is 9.98. The number of hydrogen-bond acceptors (Lipinski definition) is 21. The normalized spacial score (nSPS) is 18.7. The monoisotopic (exact) mass is 1960 g/mol. The third-order valence-electron chi connectivity index (χ3n) is 28.3. The Hall–Kier alpha value is -12.9. The van der Waals surface area contributed by atoms with Crippen LogP contribution < -0.4 is 63.1 Å². The number of pyridine rings is 7. The van der Waals surface area contributed by atoms with Crippen molar-refractivity contribution in [2.45, 2.75) is 274 Å². The van der Waals surface area contributed by atoms with Crippen LogP contribution in [-0.2, 0) is 47.8 Å². The van der Waals surface area contributed by atoms with E-state index in [1.54, 1.807) is 85.5 Å². The number of carbonyl (C=O) groups is 8. The van der Waals surface area contributed by atoms with E-state index in [2.05, 4.69) is 94.8 Å². The molecular weight excluding hydrogens is 1820 g/mol. The Morgan fingerprint density at radius 2 is 0.826 bits per heavy atom. The molecule has 768 valence electrons. The van der Waals surface area contributed by atoms with Gasteiger partial charge in [-0.3, -0.25) is 72.5 Å². The lowest BCUT2D eigenvalue weighted by Crippen LogP contribution is -2.48. The van der Waals surface area contributed by atoms with Crippen molar-refractivity contribution in [2.24, 2.45) is 41.4 Å². The minimum Gasteiger partial charge on any atom is -0.377 e. The molecule has 2 saturated carbocycles. The highest BCUT2D eigenvalue weighted by Gasteiger charge is 2.41. The molecule has 16 rings (SSSR count). The lowest BCUT2D eigenvalue weighted by Gasteiger charge is -2.39. The summed E-state index contributed by atoms with van der Waals surface area (Å²) in [6.07, 6.45) is 27.8. The summed E-state index contributed by atoms with van der Waals surface area (Å²) in [4.78, 5) is 178. The van der Waals surface area contributed by atoms with Gasteiger partial charge in [-0.05, 0) is 279 Å². The molecule has 0 radical (unpaired) electrons. The largest absolute Gasteiger partial charge is 0.377 e. The second-order valence-corrected chi connectivity index (χ2v) is 43.1. The molecule has 0 spiro atoms. The van der Waals surface area contributed by atoms with Crippen LogP contribution in [0.4, 0.5) is 22.7 Å². The van der Waals surface area contributed by atoms with Gasteiger partial charge in [-0.15, -0.1) is 0 Å². The SMILES string of the molecule is CC(=O)C[C@H](NC(=O)[C@H](CC(C)C)n1ccc(C)cc1=O)c1cncc(N2CCOC(C)(C)C2)c1.CC(=O)C[C@H](NC(=O)[C@H](CC(C)C)n1ccc(C)cc1=O)c1cncc(N2CC[C@H](C3CC3)C2)c1.CC(=O)C[C@H](NC(=O)[C@H](CC(C)C)n1ccc2ccccc2c1=O)c1cccc(N2CC3CCC2C3)c1.CC(=O)C[C@H](NC(=O)[C@H](CC(C)C)n1ccc2ccccc2c1=O)c1cncc(N2CCOC[C@@H]2C)c1. The van der Waals surface area contributed by atoms with E-state index < -0.39 is 48.3 Å². The van der Waals surface area contributed by atoms with Gasteiger partial charge < -0.3 is 68.6 Å². The number of Topliss-reactive ketones (excluding diaryl/α,β-unsaturated/α-hetero) is 4. The smallest absolute Gasteiger partial charge is 0.259 e. The summed E-state index contributed by atoms with van der Waals surface area (Å²) in [5.41, 5.74) is 7.98. The molecule has 4 N–H and O–H groups in total. The molecule has 4 aliphatic heterocycles. The molecule has 2 bridgehead atoms. The van der Waals surface area contributed by atoms with E-state index in [4.69, 9.17) is 9.47 Å². The zero-order valence-electron chi connectivity index (χ0n) is 87.1. The van der Waals surface area contributed by atoms with E-state index >= 15 is 0 Å². The molecule has 10 aromatic rings. The average Bonchev–Trinajstić information content (AvgIpc) is 1.03. The van der Waals surface area contributed by atoms with Gasteiger partial charge in [0.05, 0.1) is 85.2 Å². The molecule has 11 heterocycles. The summed E-state index contributed by atoms with van der Waals surface area (Å²) in [6.45, 7) is 39.5. The first-order chi connectivity index (χ1) is 68.7. The first-order valence-electron chi connectivity index (χ1n) is 51.7. The van der Waals surface area contributed by atoms with Crippen LogP contribution in [0.5, 0.6) is 0 Å². The molecule has 12 atom stereocenters. The van der Waals surface area contributed by atoms with Crippen LogP contribution in [0.1, 0.15) is 275 Å². The van der Waals surface area contributed by atoms with Crippen molar-refractivity contribution in [2.75, 3.05) is 78.7 Å². The Morgan fingerprint density at radius 3 is 1.24 bits per heavy atom. The molecule has 6 fully saturated rings. The van der Waals surface area contributed by atoms with E-state index in [9.17, 15) is 57.5 Å². The highest BCUT2D eigenvalue weighted by atomic mass is 16.5. The van der Waals surface area contributed by atoms with Crippen molar-refractivity contribution >= 4 is 91.1 Å². The average molecular weight is 1970 g/mol. The predicted octanol–water partition coefficient (Wildman–Crippen LogP) is 17.3. The summed E-state index contributed by atoms with van der Waals surface area (Å²) >= 11 is 0. The molecule has 7 aromatic heterocycles. The fourth-order valence-electron chi connectivity index (χ4n) is 20.9. The van der Waals surface area contributed by atoms with Gasteiger partial charge in [-0.2, -0.15) is 0 Å². The summed E-state index contributed by atoms with van der Waals surface area (Å²) in [6, 6.07) is 35.7. The van der Waals surface area contributed by atoms with Gasteiger partial charge in [-0.25, -0.2) is 0 Å². The third-order valence-corrected chi connectivity index (χ3v) is 28.3. The van der Waals surface area contributed by atoms with Crippen molar-refractivity contribution in [1.29, 1.82) is 0 Å². The molecular formula is C115H149N15O14. The van der Waals surface area contributed by atoms with Gasteiger partial charge in [0.2, 0.25) is 23.6 Å². The number of fused-ring (bicyclic) bond motifs is 4. The number of ketones is 4.